The van der Waals surface area contributed by atoms with E-state index >= 15 is 0 Å². The molecule has 0 heteroatoms. The molecule has 3 aromatic rings. The van der Waals surface area contributed by atoms with E-state index in [2.05, 4.69) is 119 Å². The molecule has 0 spiro atoms. The lowest BCUT2D eigenvalue weighted by Gasteiger charge is -2.43. The third-order valence-corrected chi connectivity index (χ3v) is 8.00. The van der Waals surface area contributed by atoms with Crippen LogP contribution in [0, 0.1) is 23.2 Å². The first kappa shape index (κ1) is 24.3. The maximum absolute atomic E-state index is 2.56. The van der Waals surface area contributed by atoms with Crippen LogP contribution in [0.15, 0.2) is 91.0 Å². The van der Waals surface area contributed by atoms with Gasteiger partial charge in [-0.1, -0.05) is 125 Å². The molecular weight excluding hydrogens is 384 g/mol. The standard InChI is InChI=1S/C32H42/c1-5-26(2)31(22-21-28-15-9-6-10-16-28)27(3)32(4,25-30-19-13-8-14-20-30)24-23-29-17-11-7-12-18-29/h6-20,26-27,31H,5,21-25H2,1-4H3. The van der Waals surface area contributed by atoms with Crippen LogP contribution in [0.5, 0.6) is 0 Å². The van der Waals surface area contributed by atoms with Crippen molar-refractivity contribution in [1.29, 1.82) is 0 Å². The molecule has 3 rings (SSSR count). The molecule has 3 aromatic carbocycles. The monoisotopic (exact) mass is 426 g/mol. The summed E-state index contributed by atoms with van der Waals surface area (Å²) in [7, 11) is 0. The van der Waals surface area contributed by atoms with Crippen LogP contribution in [0.2, 0.25) is 0 Å². The molecule has 32 heavy (non-hydrogen) atoms. The zero-order valence-electron chi connectivity index (χ0n) is 20.6. The average molecular weight is 427 g/mol. The van der Waals surface area contributed by atoms with E-state index < -0.39 is 0 Å². The second-order valence-corrected chi connectivity index (χ2v) is 10.2. The number of hydrogen-bond acceptors (Lipinski definition) is 0. The summed E-state index contributed by atoms with van der Waals surface area (Å²) in [5.74, 6) is 2.12. The summed E-state index contributed by atoms with van der Waals surface area (Å²) in [4.78, 5) is 0. The third-order valence-electron chi connectivity index (χ3n) is 8.00. The van der Waals surface area contributed by atoms with Crippen LogP contribution < -0.4 is 0 Å². The molecule has 0 saturated carbocycles. The lowest BCUT2D eigenvalue weighted by Crippen LogP contribution is -2.36. The van der Waals surface area contributed by atoms with Gasteiger partial charge in [-0.15, -0.1) is 0 Å². The Kier molecular flexibility index (Phi) is 9.15. The van der Waals surface area contributed by atoms with Crippen LogP contribution >= 0.6 is 0 Å². The summed E-state index contributed by atoms with van der Waals surface area (Å²) in [5.41, 5.74) is 4.67. The van der Waals surface area contributed by atoms with Crippen molar-refractivity contribution >= 4 is 0 Å². The molecule has 0 N–H and O–H groups in total. The van der Waals surface area contributed by atoms with Crippen LogP contribution in [0.4, 0.5) is 0 Å². The molecule has 0 bridgehead atoms. The Morgan fingerprint density at radius 3 is 1.62 bits per heavy atom. The predicted molar refractivity (Wildman–Crippen MR) is 140 cm³/mol. The van der Waals surface area contributed by atoms with Crippen LogP contribution in [0.1, 0.15) is 63.6 Å². The molecule has 4 atom stereocenters. The molecule has 0 aromatic heterocycles. The summed E-state index contributed by atoms with van der Waals surface area (Å²) < 4.78 is 0. The first-order valence-electron chi connectivity index (χ1n) is 12.6. The Morgan fingerprint density at radius 2 is 1.12 bits per heavy atom. The van der Waals surface area contributed by atoms with Gasteiger partial charge in [0, 0.05) is 0 Å². The topological polar surface area (TPSA) is 0 Å². The first-order valence-corrected chi connectivity index (χ1v) is 12.6. The van der Waals surface area contributed by atoms with E-state index in [-0.39, 0.29) is 5.41 Å². The number of hydrogen-bond donors (Lipinski definition) is 0. The van der Waals surface area contributed by atoms with Crippen molar-refractivity contribution < 1.29 is 0 Å². The molecule has 4 unspecified atom stereocenters. The minimum atomic E-state index is 0.266. The SMILES string of the molecule is CCC(C)C(CCc1ccccc1)C(C)C(C)(CCc1ccccc1)Cc1ccccc1. The fourth-order valence-corrected chi connectivity index (χ4v) is 5.44. The summed E-state index contributed by atoms with van der Waals surface area (Å²) >= 11 is 0. The van der Waals surface area contributed by atoms with E-state index in [0.717, 1.165) is 24.7 Å². The second kappa shape index (κ2) is 12.0. The quantitative estimate of drug-likeness (QED) is 0.271. The number of benzene rings is 3. The molecule has 0 aliphatic rings. The molecule has 0 fully saturated rings. The zero-order valence-corrected chi connectivity index (χ0v) is 20.6. The minimum Gasteiger partial charge on any atom is -0.0651 e. The molecule has 0 nitrogen and oxygen atoms in total. The highest BCUT2D eigenvalue weighted by molar-refractivity contribution is 5.19. The van der Waals surface area contributed by atoms with Crippen LogP contribution in [-0.2, 0) is 19.3 Å². The fraction of sp³-hybridized carbons (Fsp3) is 0.438. The summed E-state index contributed by atoms with van der Waals surface area (Å²) in [6, 6.07) is 33.3. The van der Waals surface area contributed by atoms with Gasteiger partial charge in [-0.05, 0) is 72.0 Å². The van der Waals surface area contributed by atoms with Crippen molar-refractivity contribution in [3.8, 4) is 0 Å². The highest BCUT2D eigenvalue weighted by atomic mass is 14.4. The molecule has 0 heterocycles. The highest BCUT2D eigenvalue weighted by Gasteiger charge is 2.37. The summed E-state index contributed by atoms with van der Waals surface area (Å²) in [6.45, 7) is 9.96. The number of rotatable bonds is 12. The summed E-state index contributed by atoms with van der Waals surface area (Å²) in [6.07, 6.45) is 7.24. The van der Waals surface area contributed by atoms with Crippen molar-refractivity contribution in [2.75, 3.05) is 0 Å². The van der Waals surface area contributed by atoms with Gasteiger partial charge >= 0.3 is 0 Å². The Bertz CT molecular complexity index is 883. The van der Waals surface area contributed by atoms with Gasteiger partial charge in [-0.3, -0.25) is 0 Å². The zero-order chi connectivity index (χ0) is 22.8. The van der Waals surface area contributed by atoms with Gasteiger partial charge in [0.1, 0.15) is 0 Å². The van der Waals surface area contributed by atoms with E-state index in [1.54, 1.807) is 0 Å². The summed E-state index contributed by atoms with van der Waals surface area (Å²) in [5, 5.41) is 0. The maximum atomic E-state index is 2.56. The van der Waals surface area contributed by atoms with E-state index in [4.69, 9.17) is 0 Å². The predicted octanol–water partition coefficient (Wildman–Crippen LogP) is 8.80. The third kappa shape index (κ3) is 6.83. The molecule has 170 valence electrons. The Labute approximate surface area is 197 Å². The fourth-order valence-electron chi connectivity index (χ4n) is 5.44. The van der Waals surface area contributed by atoms with Crippen molar-refractivity contribution in [2.45, 2.75) is 66.2 Å². The van der Waals surface area contributed by atoms with Gasteiger partial charge < -0.3 is 0 Å². The highest BCUT2D eigenvalue weighted by Crippen LogP contribution is 2.44. The van der Waals surface area contributed by atoms with Crippen LogP contribution in [-0.4, -0.2) is 0 Å². The number of aryl methyl sites for hydroxylation is 2. The minimum absolute atomic E-state index is 0.266. The smallest absolute Gasteiger partial charge is 0.0222 e. The van der Waals surface area contributed by atoms with Crippen LogP contribution in [0.25, 0.3) is 0 Å². The van der Waals surface area contributed by atoms with E-state index in [1.165, 1.54) is 42.4 Å². The molecule has 0 aliphatic heterocycles. The van der Waals surface area contributed by atoms with E-state index in [1.807, 2.05) is 0 Å². The van der Waals surface area contributed by atoms with Gasteiger partial charge in [0.2, 0.25) is 0 Å². The second-order valence-electron chi connectivity index (χ2n) is 10.2. The molecular formula is C32H42. The molecule has 0 saturated heterocycles. The van der Waals surface area contributed by atoms with Crippen molar-refractivity contribution in [3.05, 3.63) is 108 Å². The lowest BCUT2D eigenvalue weighted by molar-refractivity contribution is 0.0827. The van der Waals surface area contributed by atoms with Gasteiger partial charge in [-0.25, -0.2) is 0 Å². The maximum Gasteiger partial charge on any atom is -0.0222 e. The van der Waals surface area contributed by atoms with Crippen molar-refractivity contribution in [1.82, 2.24) is 0 Å². The first-order chi connectivity index (χ1) is 15.5. The Hall–Kier alpha value is -2.34. The van der Waals surface area contributed by atoms with E-state index in [0.29, 0.717) is 5.92 Å². The van der Waals surface area contributed by atoms with Crippen LogP contribution in [0.3, 0.4) is 0 Å². The van der Waals surface area contributed by atoms with Gasteiger partial charge in [-0.2, -0.15) is 0 Å². The molecule has 0 aliphatic carbocycles. The van der Waals surface area contributed by atoms with Crippen molar-refractivity contribution in [2.24, 2.45) is 23.2 Å². The molecule has 0 radical (unpaired) electrons. The van der Waals surface area contributed by atoms with E-state index in [9.17, 15) is 0 Å². The van der Waals surface area contributed by atoms with Gasteiger partial charge in [0.15, 0.2) is 0 Å². The average Bonchev–Trinajstić information content (AvgIpc) is 2.84. The Morgan fingerprint density at radius 1 is 0.656 bits per heavy atom. The Balaban J connectivity index is 1.82. The van der Waals surface area contributed by atoms with Gasteiger partial charge in [0.05, 0.1) is 0 Å². The normalized spacial score (nSPS) is 16.1. The largest absolute Gasteiger partial charge is 0.0651 e. The molecule has 0 amide bonds. The van der Waals surface area contributed by atoms with Crippen molar-refractivity contribution in [3.63, 3.8) is 0 Å². The van der Waals surface area contributed by atoms with Gasteiger partial charge in [0.25, 0.3) is 0 Å². The lowest BCUT2D eigenvalue weighted by atomic mass is 9.62.